The molecule has 138 valence electrons. The molecule has 0 atom stereocenters. The van der Waals surface area contributed by atoms with Crippen LogP contribution in [0, 0.1) is 0 Å². The highest BCUT2D eigenvalue weighted by Gasteiger charge is 2.22. The molecule has 4 nitrogen and oxygen atoms in total. The molecule has 3 rings (SSSR count). The molecule has 0 bridgehead atoms. The van der Waals surface area contributed by atoms with Gasteiger partial charge >= 0.3 is 0 Å². The van der Waals surface area contributed by atoms with Crippen LogP contribution in [0.3, 0.4) is 0 Å². The van der Waals surface area contributed by atoms with Crippen LogP contribution in [0.25, 0.3) is 0 Å². The summed E-state index contributed by atoms with van der Waals surface area (Å²) in [5.74, 6) is 1.68. The number of benzene rings is 2. The summed E-state index contributed by atoms with van der Waals surface area (Å²) in [7, 11) is 3.29. The van der Waals surface area contributed by atoms with E-state index in [0.717, 1.165) is 42.9 Å². The van der Waals surface area contributed by atoms with Crippen molar-refractivity contribution < 1.29 is 14.3 Å². The summed E-state index contributed by atoms with van der Waals surface area (Å²) in [6.45, 7) is 3.55. The van der Waals surface area contributed by atoms with E-state index in [1.165, 1.54) is 16.7 Å². The predicted octanol–water partition coefficient (Wildman–Crippen LogP) is 3.78. The number of rotatable bonds is 6. The molecular weight excluding hydrogens is 326 g/mol. The molecular formula is C22H27NO3. The smallest absolute Gasteiger partial charge is 0.223 e. The van der Waals surface area contributed by atoms with E-state index in [1.54, 1.807) is 14.2 Å². The number of hydrogen-bond acceptors (Lipinski definition) is 3. The molecule has 1 aliphatic heterocycles. The number of nitrogens with zero attached hydrogens (tertiary/aromatic N) is 1. The van der Waals surface area contributed by atoms with Crippen molar-refractivity contribution in [2.24, 2.45) is 0 Å². The molecule has 1 heterocycles. The zero-order valence-corrected chi connectivity index (χ0v) is 15.9. The lowest BCUT2D eigenvalue weighted by molar-refractivity contribution is -0.132. The molecule has 0 N–H and O–H groups in total. The minimum Gasteiger partial charge on any atom is -0.493 e. The van der Waals surface area contributed by atoms with Crippen molar-refractivity contribution in [1.82, 2.24) is 4.90 Å². The number of carbonyl (C=O) groups is 1. The number of hydrogen-bond donors (Lipinski definition) is 0. The fourth-order valence-corrected chi connectivity index (χ4v) is 3.45. The lowest BCUT2D eigenvalue weighted by Crippen LogP contribution is -2.36. The summed E-state index contributed by atoms with van der Waals surface area (Å²) in [5, 5.41) is 0. The van der Waals surface area contributed by atoms with Gasteiger partial charge in [0.25, 0.3) is 0 Å². The van der Waals surface area contributed by atoms with Crippen LogP contribution in [0.5, 0.6) is 11.5 Å². The molecule has 26 heavy (non-hydrogen) atoms. The van der Waals surface area contributed by atoms with Gasteiger partial charge in [-0.3, -0.25) is 4.79 Å². The van der Waals surface area contributed by atoms with E-state index in [9.17, 15) is 4.79 Å². The minimum atomic E-state index is 0.213. The van der Waals surface area contributed by atoms with E-state index in [2.05, 4.69) is 31.2 Å². The normalized spacial score (nSPS) is 13.3. The quantitative estimate of drug-likeness (QED) is 0.793. The molecule has 0 saturated heterocycles. The summed E-state index contributed by atoms with van der Waals surface area (Å²) in [6.07, 6.45) is 3.24. The van der Waals surface area contributed by atoms with E-state index in [0.29, 0.717) is 13.0 Å². The van der Waals surface area contributed by atoms with Gasteiger partial charge in [-0.2, -0.15) is 0 Å². The maximum Gasteiger partial charge on any atom is 0.223 e. The molecule has 1 amide bonds. The van der Waals surface area contributed by atoms with E-state index in [-0.39, 0.29) is 5.91 Å². The van der Waals surface area contributed by atoms with Gasteiger partial charge in [-0.25, -0.2) is 0 Å². The highest BCUT2D eigenvalue weighted by atomic mass is 16.5. The van der Waals surface area contributed by atoms with Crippen LogP contribution < -0.4 is 9.47 Å². The van der Waals surface area contributed by atoms with E-state index in [4.69, 9.17) is 9.47 Å². The molecule has 1 aliphatic rings. The highest BCUT2D eigenvalue weighted by Crippen LogP contribution is 2.33. The van der Waals surface area contributed by atoms with Crippen LogP contribution in [0.15, 0.2) is 36.4 Å². The van der Waals surface area contributed by atoms with E-state index in [1.807, 2.05) is 17.0 Å². The molecule has 0 saturated carbocycles. The first-order chi connectivity index (χ1) is 12.6. The minimum absolute atomic E-state index is 0.213. The van der Waals surface area contributed by atoms with Crippen molar-refractivity contribution >= 4 is 5.91 Å². The van der Waals surface area contributed by atoms with Gasteiger partial charge in [-0.1, -0.05) is 31.2 Å². The van der Waals surface area contributed by atoms with Crippen molar-refractivity contribution in [3.63, 3.8) is 0 Å². The standard InChI is InChI=1S/C22H27NO3/c1-4-16-5-7-17(8-6-16)9-10-22(24)23-12-11-18-13-20(25-2)21(26-3)14-19(18)15-23/h5-8,13-14H,4,9-12,15H2,1-3H3. The number of methoxy groups -OCH3 is 2. The highest BCUT2D eigenvalue weighted by molar-refractivity contribution is 5.77. The van der Waals surface area contributed by atoms with Gasteiger partial charge in [0.05, 0.1) is 14.2 Å². The Morgan fingerprint density at radius 1 is 1.00 bits per heavy atom. The number of carbonyl (C=O) groups excluding carboxylic acids is 1. The Morgan fingerprint density at radius 3 is 2.23 bits per heavy atom. The van der Waals surface area contributed by atoms with Crippen molar-refractivity contribution in [3.05, 3.63) is 58.7 Å². The first kappa shape index (κ1) is 18.3. The molecule has 0 spiro atoms. The maximum atomic E-state index is 12.7. The molecule has 0 fully saturated rings. The topological polar surface area (TPSA) is 38.8 Å². The Bertz CT molecular complexity index is 768. The summed E-state index contributed by atoms with van der Waals surface area (Å²) < 4.78 is 10.8. The number of fused-ring (bicyclic) bond motifs is 1. The predicted molar refractivity (Wildman–Crippen MR) is 103 cm³/mol. The van der Waals surface area contributed by atoms with Crippen molar-refractivity contribution in [2.45, 2.75) is 39.2 Å². The molecule has 0 aromatic heterocycles. The van der Waals surface area contributed by atoms with Gasteiger partial charge in [0.1, 0.15) is 0 Å². The Labute approximate surface area is 155 Å². The van der Waals surface area contributed by atoms with Gasteiger partial charge in [0.2, 0.25) is 5.91 Å². The van der Waals surface area contributed by atoms with Crippen molar-refractivity contribution in [1.29, 1.82) is 0 Å². The fourth-order valence-electron chi connectivity index (χ4n) is 3.45. The Morgan fingerprint density at radius 2 is 1.62 bits per heavy atom. The summed E-state index contributed by atoms with van der Waals surface area (Å²) in [5.41, 5.74) is 4.94. The summed E-state index contributed by atoms with van der Waals surface area (Å²) >= 11 is 0. The fraction of sp³-hybridized carbons (Fsp3) is 0.409. The van der Waals surface area contributed by atoms with Gasteiger partial charge < -0.3 is 14.4 Å². The average Bonchev–Trinajstić information content (AvgIpc) is 2.70. The second kappa shape index (κ2) is 8.26. The van der Waals surface area contributed by atoms with E-state index >= 15 is 0 Å². The third-order valence-electron chi connectivity index (χ3n) is 5.13. The summed E-state index contributed by atoms with van der Waals surface area (Å²) in [6, 6.07) is 12.6. The number of amides is 1. The van der Waals surface area contributed by atoms with Crippen LogP contribution in [-0.4, -0.2) is 31.6 Å². The first-order valence-electron chi connectivity index (χ1n) is 9.24. The third kappa shape index (κ3) is 4.01. The van der Waals surface area contributed by atoms with Gasteiger partial charge in [0.15, 0.2) is 11.5 Å². The molecule has 2 aromatic rings. The Kier molecular flexibility index (Phi) is 5.82. The van der Waals surface area contributed by atoms with Crippen LogP contribution in [0.2, 0.25) is 0 Å². The SMILES string of the molecule is CCc1ccc(CCC(=O)N2CCc3cc(OC)c(OC)cc3C2)cc1. The number of aryl methyl sites for hydroxylation is 2. The Hall–Kier alpha value is -2.49. The van der Waals surface area contributed by atoms with Gasteiger partial charge in [-0.15, -0.1) is 0 Å². The first-order valence-corrected chi connectivity index (χ1v) is 9.24. The number of ether oxygens (including phenoxy) is 2. The second-order valence-corrected chi connectivity index (χ2v) is 6.71. The maximum absolute atomic E-state index is 12.7. The summed E-state index contributed by atoms with van der Waals surface area (Å²) in [4.78, 5) is 14.6. The largest absolute Gasteiger partial charge is 0.493 e. The lowest BCUT2D eigenvalue weighted by Gasteiger charge is -2.29. The third-order valence-corrected chi connectivity index (χ3v) is 5.13. The van der Waals surface area contributed by atoms with Crippen LogP contribution in [0.1, 0.15) is 35.6 Å². The molecule has 0 radical (unpaired) electrons. The van der Waals surface area contributed by atoms with Gasteiger partial charge in [0, 0.05) is 19.5 Å². The van der Waals surface area contributed by atoms with Crippen LogP contribution in [0.4, 0.5) is 0 Å². The molecule has 0 aliphatic carbocycles. The monoisotopic (exact) mass is 353 g/mol. The zero-order valence-electron chi connectivity index (χ0n) is 15.9. The average molecular weight is 353 g/mol. The van der Waals surface area contributed by atoms with E-state index < -0.39 is 0 Å². The molecule has 0 unspecified atom stereocenters. The van der Waals surface area contributed by atoms with Gasteiger partial charge in [-0.05, 0) is 53.6 Å². The van der Waals surface area contributed by atoms with Crippen molar-refractivity contribution in [2.75, 3.05) is 20.8 Å². The zero-order chi connectivity index (χ0) is 18.5. The Balaban J connectivity index is 1.63. The molecule has 4 heteroatoms. The lowest BCUT2D eigenvalue weighted by atomic mass is 9.98. The van der Waals surface area contributed by atoms with Crippen LogP contribution >= 0.6 is 0 Å². The molecule has 2 aromatic carbocycles. The van der Waals surface area contributed by atoms with Crippen molar-refractivity contribution in [3.8, 4) is 11.5 Å². The second-order valence-electron chi connectivity index (χ2n) is 6.71. The van der Waals surface area contributed by atoms with Crippen LogP contribution in [-0.2, 0) is 30.6 Å².